The number of carbonyl (C=O) groups excluding carboxylic acids is 1. The first-order valence-electron chi connectivity index (χ1n) is 5.75. The van der Waals surface area contributed by atoms with Crippen LogP contribution in [0.5, 0.6) is 0 Å². The number of aromatic nitrogens is 3. The number of hydrogen-bond acceptors (Lipinski definition) is 6. The Morgan fingerprint density at radius 2 is 2.33 bits per heavy atom. The third-order valence-corrected chi connectivity index (χ3v) is 4.45. The van der Waals surface area contributed by atoms with Crippen molar-refractivity contribution < 1.29 is 4.79 Å². The molecule has 0 atom stereocenters. The molecule has 0 radical (unpaired) electrons. The van der Waals surface area contributed by atoms with Gasteiger partial charge in [-0.1, -0.05) is 11.3 Å². The van der Waals surface area contributed by atoms with Crippen molar-refractivity contribution in [1.82, 2.24) is 15.2 Å². The van der Waals surface area contributed by atoms with E-state index >= 15 is 0 Å². The maximum absolute atomic E-state index is 11.8. The lowest BCUT2D eigenvalue weighted by Gasteiger charge is -1.97. The molecule has 1 saturated carbocycles. The van der Waals surface area contributed by atoms with Crippen LogP contribution in [0.1, 0.15) is 34.5 Å². The highest BCUT2D eigenvalue weighted by atomic mass is 32.1. The number of hydrogen-bond donors (Lipinski definition) is 1. The first-order valence-corrected chi connectivity index (χ1v) is 7.44. The van der Waals surface area contributed by atoms with Crippen molar-refractivity contribution in [3.8, 4) is 0 Å². The Morgan fingerprint density at radius 1 is 1.50 bits per heavy atom. The van der Waals surface area contributed by atoms with Gasteiger partial charge in [0.2, 0.25) is 11.0 Å². The fourth-order valence-electron chi connectivity index (χ4n) is 1.60. The fourth-order valence-corrected chi connectivity index (χ4v) is 3.14. The van der Waals surface area contributed by atoms with Crippen LogP contribution in [0.25, 0.3) is 0 Å². The second-order valence-electron chi connectivity index (χ2n) is 4.30. The van der Waals surface area contributed by atoms with Crippen LogP contribution in [0, 0.1) is 6.92 Å². The number of anilines is 1. The van der Waals surface area contributed by atoms with Crippen molar-refractivity contribution in [1.29, 1.82) is 0 Å². The van der Waals surface area contributed by atoms with Gasteiger partial charge < -0.3 is 5.32 Å². The maximum Gasteiger partial charge on any atom is 0.232 e. The molecule has 2 heterocycles. The summed E-state index contributed by atoms with van der Waals surface area (Å²) in [5.41, 5.74) is 0.807. The van der Waals surface area contributed by atoms with Crippen LogP contribution in [-0.4, -0.2) is 21.1 Å². The molecular formula is C11H12N4OS2. The quantitative estimate of drug-likeness (QED) is 0.933. The highest BCUT2D eigenvalue weighted by Gasteiger charge is 2.27. The lowest BCUT2D eigenvalue weighted by Crippen LogP contribution is -2.14. The van der Waals surface area contributed by atoms with E-state index in [1.165, 1.54) is 24.2 Å². The molecule has 1 aliphatic rings. The molecule has 1 fully saturated rings. The van der Waals surface area contributed by atoms with E-state index in [2.05, 4.69) is 20.5 Å². The highest BCUT2D eigenvalue weighted by molar-refractivity contribution is 7.15. The molecule has 18 heavy (non-hydrogen) atoms. The van der Waals surface area contributed by atoms with Gasteiger partial charge in [0.15, 0.2) is 0 Å². The van der Waals surface area contributed by atoms with Crippen LogP contribution in [0.3, 0.4) is 0 Å². The standard InChI is InChI=1S/C11H12N4OS2/c1-6-12-8(5-17-6)4-9(16)13-11-15-14-10(18-11)7-2-3-7/h5,7H,2-4H2,1H3,(H,13,15,16). The van der Waals surface area contributed by atoms with Gasteiger partial charge >= 0.3 is 0 Å². The van der Waals surface area contributed by atoms with Crippen molar-refractivity contribution >= 4 is 33.7 Å². The number of rotatable bonds is 4. The predicted molar refractivity (Wildman–Crippen MR) is 71.1 cm³/mol. The first kappa shape index (κ1) is 11.7. The summed E-state index contributed by atoms with van der Waals surface area (Å²) in [6, 6.07) is 0. The third-order valence-electron chi connectivity index (χ3n) is 2.62. The summed E-state index contributed by atoms with van der Waals surface area (Å²) in [5, 5.41) is 15.4. The van der Waals surface area contributed by atoms with Gasteiger partial charge in [-0.25, -0.2) is 4.98 Å². The first-order chi connectivity index (χ1) is 8.70. The summed E-state index contributed by atoms with van der Waals surface area (Å²) in [5.74, 6) is 0.494. The van der Waals surface area contributed by atoms with Gasteiger partial charge in [-0.15, -0.1) is 21.5 Å². The average molecular weight is 280 g/mol. The lowest BCUT2D eigenvalue weighted by molar-refractivity contribution is -0.115. The van der Waals surface area contributed by atoms with E-state index in [-0.39, 0.29) is 5.91 Å². The summed E-state index contributed by atoms with van der Waals surface area (Å²) < 4.78 is 0. The molecule has 3 rings (SSSR count). The molecule has 7 heteroatoms. The Balaban J connectivity index is 1.59. The summed E-state index contributed by atoms with van der Waals surface area (Å²) in [4.78, 5) is 16.0. The second kappa shape index (κ2) is 4.74. The molecule has 0 saturated heterocycles. The van der Waals surface area contributed by atoms with Crippen molar-refractivity contribution in [2.45, 2.75) is 32.1 Å². The Morgan fingerprint density at radius 3 is 3.00 bits per heavy atom. The third kappa shape index (κ3) is 2.73. The number of nitrogens with zero attached hydrogens (tertiary/aromatic N) is 3. The Labute approximate surface area is 112 Å². The Kier molecular flexibility index (Phi) is 3.09. The van der Waals surface area contributed by atoms with E-state index < -0.39 is 0 Å². The zero-order chi connectivity index (χ0) is 12.5. The predicted octanol–water partition coefficient (Wildman–Crippen LogP) is 2.36. The van der Waals surface area contributed by atoms with Gasteiger partial charge in [0.05, 0.1) is 17.1 Å². The molecule has 0 aromatic carbocycles. The minimum Gasteiger partial charge on any atom is -0.300 e. The number of thiazole rings is 1. The summed E-state index contributed by atoms with van der Waals surface area (Å²) in [6.07, 6.45) is 2.68. The van der Waals surface area contributed by atoms with E-state index in [0.29, 0.717) is 17.5 Å². The Bertz CT molecular complexity index is 573. The molecule has 1 aliphatic carbocycles. The average Bonchev–Trinajstić information content (AvgIpc) is 2.95. The molecule has 1 amide bonds. The lowest BCUT2D eigenvalue weighted by atomic mass is 10.3. The highest BCUT2D eigenvalue weighted by Crippen LogP contribution is 2.42. The van der Waals surface area contributed by atoms with E-state index in [1.807, 2.05) is 12.3 Å². The topological polar surface area (TPSA) is 67.8 Å². The second-order valence-corrected chi connectivity index (χ2v) is 6.37. The van der Waals surface area contributed by atoms with Crippen LogP contribution in [0.2, 0.25) is 0 Å². The normalized spacial score (nSPS) is 14.7. The largest absolute Gasteiger partial charge is 0.300 e. The van der Waals surface area contributed by atoms with Gasteiger partial charge in [0.1, 0.15) is 5.01 Å². The minimum absolute atomic E-state index is 0.0844. The molecule has 94 valence electrons. The molecular weight excluding hydrogens is 268 g/mol. The van der Waals surface area contributed by atoms with Gasteiger partial charge in [-0.2, -0.15) is 0 Å². The molecule has 2 aromatic heterocycles. The smallest absolute Gasteiger partial charge is 0.232 e. The molecule has 2 aromatic rings. The molecule has 0 unspecified atom stereocenters. The molecule has 0 bridgehead atoms. The maximum atomic E-state index is 11.8. The van der Waals surface area contributed by atoms with Crippen molar-refractivity contribution in [2.75, 3.05) is 5.32 Å². The number of amides is 1. The van der Waals surface area contributed by atoms with Crippen LogP contribution in [-0.2, 0) is 11.2 Å². The van der Waals surface area contributed by atoms with Crippen LogP contribution in [0.4, 0.5) is 5.13 Å². The van der Waals surface area contributed by atoms with E-state index in [0.717, 1.165) is 15.7 Å². The molecule has 5 nitrogen and oxygen atoms in total. The van der Waals surface area contributed by atoms with Crippen LogP contribution >= 0.6 is 22.7 Å². The zero-order valence-corrected chi connectivity index (χ0v) is 11.5. The molecule has 0 spiro atoms. The van der Waals surface area contributed by atoms with Crippen molar-refractivity contribution in [2.24, 2.45) is 0 Å². The Hall–Kier alpha value is -1.34. The fraction of sp³-hybridized carbons (Fsp3) is 0.455. The van der Waals surface area contributed by atoms with E-state index in [4.69, 9.17) is 0 Å². The van der Waals surface area contributed by atoms with Gasteiger partial charge in [-0.05, 0) is 19.8 Å². The van der Waals surface area contributed by atoms with Crippen LogP contribution in [0.15, 0.2) is 5.38 Å². The zero-order valence-electron chi connectivity index (χ0n) is 9.84. The molecule has 1 N–H and O–H groups in total. The SMILES string of the molecule is Cc1nc(CC(=O)Nc2nnc(C3CC3)s2)cs1. The minimum atomic E-state index is -0.0844. The van der Waals surface area contributed by atoms with Crippen LogP contribution < -0.4 is 5.32 Å². The van der Waals surface area contributed by atoms with Gasteiger partial charge in [-0.3, -0.25) is 4.79 Å². The van der Waals surface area contributed by atoms with E-state index in [9.17, 15) is 4.79 Å². The van der Waals surface area contributed by atoms with Crippen molar-refractivity contribution in [3.63, 3.8) is 0 Å². The number of carbonyl (C=O) groups is 1. The van der Waals surface area contributed by atoms with E-state index in [1.54, 1.807) is 11.3 Å². The molecule has 0 aliphatic heterocycles. The number of nitrogens with one attached hydrogen (secondary N) is 1. The van der Waals surface area contributed by atoms with Crippen molar-refractivity contribution in [3.05, 3.63) is 21.1 Å². The van der Waals surface area contributed by atoms with Gasteiger partial charge in [0.25, 0.3) is 0 Å². The summed E-state index contributed by atoms with van der Waals surface area (Å²) in [6.45, 7) is 1.93. The number of aryl methyl sites for hydroxylation is 1. The summed E-state index contributed by atoms with van der Waals surface area (Å²) in [7, 11) is 0. The van der Waals surface area contributed by atoms with Gasteiger partial charge in [0, 0.05) is 11.3 Å². The summed E-state index contributed by atoms with van der Waals surface area (Å²) >= 11 is 3.03. The monoisotopic (exact) mass is 280 g/mol.